The van der Waals surface area contributed by atoms with Crippen LogP contribution in [0.25, 0.3) is 10.9 Å². The fourth-order valence-corrected chi connectivity index (χ4v) is 10.7. The van der Waals surface area contributed by atoms with Crippen LogP contribution in [0.2, 0.25) is 0 Å². The minimum absolute atomic E-state index is 0.0362. The Labute approximate surface area is 443 Å². The number of pyridine rings is 3. The molecule has 7 N–H and O–H groups in total. The van der Waals surface area contributed by atoms with Crippen LogP contribution in [0.1, 0.15) is 159 Å². The van der Waals surface area contributed by atoms with E-state index in [-0.39, 0.29) is 46.6 Å². The highest BCUT2D eigenvalue weighted by Crippen LogP contribution is 2.49. The van der Waals surface area contributed by atoms with E-state index in [1.807, 2.05) is 71.9 Å². The third-order valence-corrected chi connectivity index (χ3v) is 14.7. The van der Waals surface area contributed by atoms with E-state index in [9.17, 15) is 37.2 Å². The van der Waals surface area contributed by atoms with Gasteiger partial charge in [0.05, 0.1) is 16.3 Å². The number of carbonyl (C=O) groups is 3. The first-order chi connectivity index (χ1) is 35.0. The average molecular weight is 1100 g/mol. The molecule has 0 saturated heterocycles. The molecule has 1 amide bonds. The quantitative estimate of drug-likeness (QED) is 0.0313. The molecule has 0 unspecified atom stereocenters. The highest BCUT2D eigenvalue weighted by atomic mass is 79.9. The highest BCUT2D eigenvalue weighted by molar-refractivity contribution is 9.10. The van der Waals surface area contributed by atoms with Crippen molar-refractivity contribution in [3.63, 3.8) is 0 Å². The lowest BCUT2D eigenvalue weighted by atomic mass is 9.96. The van der Waals surface area contributed by atoms with Crippen LogP contribution in [0.15, 0.2) is 80.2 Å². The number of nitrogens with two attached hydrogens (primary N) is 2. The van der Waals surface area contributed by atoms with E-state index < -0.39 is 20.7 Å². The van der Waals surface area contributed by atoms with Crippen molar-refractivity contribution in [2.75, 3.05) is 0 Å². The van der Waals surface area contributed by atoms with Crippen LogP contribution in [0, 0.1) is 50.4 Å². The molecule has 398 valence electrons. The number of aromatic amines is 3. The molecule has 18 heteroatoms. The van der Waals surface area contributed by atoms with E-state index >= 15 is 0 Å². The summed E-state index contributed by atoms with van der Waals surface area (Å²) in [5, 5.41) is 17.1. The molecule has 4 heterocycles. The number of nitrogens with zero attached hydrogens (tertiary/aromatic N) is 3. The van der Waals surface area contributed by atoms with Gasteiger partial charge in [0, 0.05) is 62.8 Å². The average Bonchev–Trinajstić information content (AvgIpc) is 4.04. The second-order valence-electron chi connectivity index (χ2n) is 18.1. The number of Topliss-reactive ketones (excluding diaryl/α,β-unsaturated/α-hetero) is 1. The maximum absolute atomic E-state index is 13.6. The lowest BCUT2D eigenvalue weighted by Crippen LogP contribution is -2.28. The number of aromatic nitrogens is 4. The molecule has 5 aromatic rings. The van der Waals surface area contributed by atoms with E-state index in [1.165, 1.54) is 3.97 Å². The lowest BCUT2D eigenvalue weighted by Gasteiger charge is -2.16. The first kappa shape index (κ1) is 63.4. The van der Waals surface area contributed by atoms with Gasteiger partial charge in [-0.1, -0.05) is 75.0 Å². The van der Waals surface area contributed by atoms with Crippen LogP contribution >= 0.6 is 15.9 Å². The molecule has 1 aliphatic rings. The molecule has 4 aromatic heterocycles. The van der Waals surface area contributed by atoms with Gasteiger partial charge in [-0.15, -0.1) is 6.58 Å². The smallest absolute Gasteiger partial charge is 0.266 e. The Hall–Kier alpha value is -6.73. The summed E-state index contributed by atoms with van der Waals surface area (Å²) in [7, 11) is -3.66. The van der Waals surface area contributed by atoms with Crippen molar-refractivity contribution >= 4 is 54.3 Å². The fraction of sp³-hybridized carbons (Fsp3) is 0.429. The van der Waals surface area contributed by atoms with Crippen LogP contribution in [0.5, 0.6) is 0 Å². The number of fused-ring (bicyclic) bond motifs is 1. The second-order valence-corrected chi connectivity index (χ2v) is 21.2. The number of H-pyrrole nitrogens is 3. The maximum Gasteiger partial charge on any atom is 0.266 e. The molecule has 0 atom stereocenters. The molecule has 0 spiro atoms. The Morgan fingerprint density at radius 3 is 1.76 bits per heavy atom. The molecule has 0 bridgehead atoms. The number of carbonyl (C=O) groups excluding carboxylic acids is 3. The predicted molar refractivity (Wildman–Crippen MR) is 298 cm³/mol. The number of halogens is 1. The van der Waals surface area contributed by atoms with Gasteiger partial charge in [-0.2, -0.15) is 10.5 Å². The summed E-state index contributed by atoms with van der Waals surface area (Å²) in [5.74, 6) is -0.566. The molecule has 6 rings (SSSR count). The molecule has 0 radical (unpaired) electrons. The first-order valence-electron chi connectivity index (χ1n) is 24.7. The summed E-state index contributed by atoms with van der Waals surface area (Å²) in [6.07, 6.45) is 15.0. The largest absolute Gasteiger partial charge is 0.369 e. The number of hydrogen-bond acceptors (Lipinski definition) is 11. The Morgan fingerprint density at radius 2 is 1.32 bits per heavy atom. The number of allylic oxidation sites excluding steroid dienone is 3. The molecule has 1 aliphatic carbocycles. The van der Waals surface area contributed by atoms with Gasteiger partial charge >= 0.3 is 0 Å². The minimum atomic E-state index is -3.66. The number of amides is 1. The number of hydrogen-bond donors (Lipinski definition) is 5. The first-order valence-corrected chi connectivity index (χ1v) is 27.0. The van der Waals surface area contributed by atoms with Crippen LogP contribution in [-0.4, -0.2) is 49.6 Å². The van der Waals surface area contributed by atoms with Gasteiger partial charge in [0.25, 0.3) is 16.7 Å². The Balaban J connectivity index is 0.000000391. The topological polar surface area (TPSA) is 288 Å². The number of nitrogens with one attached hydrogen (secondary N) is 3. The predicted octanol–water partition coefficient (Wildman–Crippen LogP) is 9.29. The summed E-state index contributed by atoms with van der Waals surface area (Å²) < 4.78 is 28.3. The van der Waals surface area contributed by atoms with Crippen molar-refractivity contribution in [1.29, 1.82) is 10.5 Å². The third kappa shape index (κ3) is 18.0. The summed E-state index contributed by atoms with van der Waals surface area (Å²) in [5.41, 5.74) is 18.4. The van der Waals surface area contributed by atoms with Gasteiger partial charge < -0.3 is 26.4 Å². The summed E-state index contributed by atoms with van der Waals surface area (Å²) in [6.45, 7) is 21.2. The monoisotopic (exact) mass is 1100 g/mol. The highest BCUT2D eigenvalue weighted by Gasteiger charge is 2.54. The van der Waals surface area contributed by atoms with Gasteiger partial charge in [0.1, 0.15) is 18.1 Å². The zero-order chi connectivity index (χ0) is 55.9. The van der Waals surface area contributed by atoms with Crippen LogP contribution in [-0.2, 0) is 51.8 Å². The molecule has 1 saturated carbocycles. The van der Waals surface area contributed by atoms with Gasteiger partial charge in [-0.05, 0) is 145 Å². The van der Waals surface area contributed by atoms with E-state index in [0.717, 1.165) is 89.8 Å². The Kier molecular flexibility index (Phi) is 26.1. The van der Waals surface area contributed by atoms with Gasteiger partial charge in [0.2, 0.25) is 15.9 Å². The molecule has 74 heavy (non-hydrogen) atoms. The van der Waals surface area contributed by atoms with Crippen molar-refractivity contribution in [2.24, 2.45) is 11.5 Å². The minimum Gasteiger partial charge on any atom is -0.369 e. The Bertz CT molecular complexity index is 3200. The van der Waals surface area contributed by atoms with E-state index in [1.54, 1.807) is 43.5 Å². The molecule has 1 fully saturated rings. The van der Waals surface area contributed by atoms with Gasteiger partial charge in [0.15, 0.2) is 11.6 Å². The van der Waals surface area contributed by atoms with E-state index in [4.69, 9.17) is 16.3 Å². The molecular weight excluding hydrogens is 1020 g/mol. The SMILES string of the molecule is C=CCC1(S(=O)(=O)n2cc(C)c3c(C(=O)CCc4c(CCC)cc(C)[nH]c4=O)cc(Br)cc32)CC1.CC/C=C/C(C)=O.CCCc1cc(C)[nH]c(=O)c1C#N.CCCc1cc(C)[nH]c(=O)c1CN.N#CCC(N)=O. The molecular formula is C56H73BrN8O8S. The maximum atomic E-state index is 13.6. The summed E-state index contributed by atoms with van der Waals surface area (Å²) in [4.78, 5) is 76.7. The number of benzene rings is 1. The number of rotatable bonds is 18. The second kappa shape index (κ2) is 30.5. The zero-order valence-electron chi connectivity index (χ0n) is 44.4. The van der Waals surface area contributed by atoms with Crippen molar-refractivity contribution in [1.82, 2.24) is 18.9 Å². The summed E-state index contributed by atoms with van der Waals surface area (Å²) in [6, 6.07) is 12.9. The van der Waals surface area contributed by atoms with Crippen LogP contribution in [0.4, 0.5) is 0 Å². The fourth-order valence-electron chi connectivity index (χ4n) is 8.22. The van der Waals surface area contributed by atoms with Crippen molar-refractivity contribution in [3.05, 3.63) is 158 Å². The normalized spacial score (nSPS) is 12.0. The zero-order valence-corrected chi connectivity index (χ0v) is 46.8. The van der Waals surface area contributed by atoms with Crippen LogP contribution < -0.4 is 28.1 Å². The lowest BCUT2D eigenvalue weighted by molar-refractivity contribution is -0.117. The van der Waals surface area contributed by atoms with Crippen molar-refractivity contribution in [2.45, 2.75) is 157 Å². The van der Waals surface area contributed by atoms with Crippen molar-refractivity contribution < 1.29 is 22.8 Å². The van der Waals surface area contributed by atoms with Gasteiger partial charge in [-0.25, -0.2) is 12.4 Å². The standard InChI is InChI=1S/C27H31BrN2O4S.C10H16N2O.C10H12N2O.C6H10O.C3H4N2O/c1-5-7-19-13-18(4)29-26(32)21(19)8-9-24(31)22-14-20(28)15-23-25(22)17(3)16-30(23)35(33,34)27(10-6-2)11-12-27;2*1-3-4-8-5-7(2)12-10(13)9(8)6-11;1-3-4-5-6(2)7;4-2-1-3(5)6/h6,13-16H,2,5,7-12H2,1,3-4H3,(H,29,32);5H,3-4,6,11H2,1-2H3,(H,12,13);5H,3-4H2,1-2H3,(H,12,13);4-5H,3H2,1-2H3;1H2,(H2,5,6)/b;;;5-4+;. The van der Waals surface area contributed by atoms with E-state index in [2.05, 4.69) is 57.0 Å². The third-order valence-electron chi connectivity index (χ3n) is 11.7. The van der Waals surface area contributed by atoms with Crippen LogP contribution in [0.3, 0.4) is 0 Å². The Morgan fingerprint density at radius 1 is 0.811 bits per heavy atom. The number of nitriles is 2. The van der Waals surface area contributed by atoms with Crippen molar-refractivity contribution in [3.8, 4) is 12.1 Å². The number of aryl methyl sites for hydroxylation is 7. The molecule has 0 aliphatic heterocycles. The molecule has 16 nitrogen and oxygen atoms in total. The number of ketones is 2. The van der Waals surface area contributed by atoms with Gasteiger partial charge in [-0.3, -0.25) is 28.8 Å². The summed E-state index contributed by atoms with van der Waals surface area (Å²) >= 11 is 3.47. The molecule has 1 aromatic carbocycles. The number of primary amides is 1. The van der Waals surface area contributed by atoms with E-state index in [0.29, 0.717) is 58.7 Å².